The fourth-order valence-corrected chi connectivity index (χ4v) is 2.01. The molecule has 0 aromatic heterocycles. The van der Waals surface area contributed by atoms with Gasteiger partial charge in [0.25, 0.3) is 0 Å². The zero-order valence-electron chi connectivity index (χ0n) is 11.8. The average molecular weight is 286 g/mol. The van der Waals surface area contributed by atoms with Crippen molar-refractivity contribution in [3.05, 3.63) is 59.2 Å². The molecule has 0 aliphatic heterocycles. The molecule has 0 aliphatic rings. The van der Waals surface area contributed by atoms with Crippen molar-refractivity contribution in [2.24, 2.45) is 10.9 Å². The van der Waals surface area contributed by atoms with Gasteiger partial charge < -0.3 is 20.8 Å². The average Bonchev–Trinajstić information content (AvgIpc) is 2.50. The van der Waals surface area contributed by atoms with Crippen molar-refractivity contribution in [2.75, 3.05) is 6.61 Å². The second-order valence-corrected chi connectivity index (χ2v) is 4.66. The third-order valence-corrected chi connectivity index (χ3v) is 3.14. The molecule has 5 nitrogen and oxygen atoms in total. The van der Waals surface area contributed by atoms with E-state index in [2.05, 4.69) is 5.16 Å². The van der Waals surface area contributed by atoms with Crippen LogP contribution in [0.25, 0.3) is 0 Å². The first-order chi connectivity index (χ1) is 10.2. The van der Waals surface area contributed by atoms with E-state index in [-0.39, 0.29) is 12.4 Å². The van der Waals surface area contributed by atoms with E-state index in [0.29, 0.717) is 23.5 Å². The lowest BCUT2D eigenvalue weighted by Gasteiger charge is -2.13. The van der Waals surface area contributed by atoms with Gasteiger partial charge in [-0.15, -0.1) is 0 Å². The van der Waals surface area contributed by atoms with E-state index in [0.717, 1.165) is 11.1 Å². The standard InChI is InChI=1S/C16H18N2O3/c1-11-3-2-4-14(16(17)18-20)15(11)21-13-7-5-12(6-8-13)9-10-19/h2-8,19-20H,9-10H2,1H3,(H2,17,18). The van der Waals surface area contributed by atoms with Crippen LogP contribution in [0.2, 0.25) is 0 Å². The molecule has 110 valence electrons. The second kappa shape index (κ2) is 6.76. The monoisotopic (exact) mass is 286 g/mol. The number of nitrogens with two attached hydrogens (primary N) is 1. The number of hydrogen-bond donors (Lipinski definition) is 3. The minimum atomic E-state index is 0.00519. The molecule has 0 saturated heterocycles. The van der Waals surface area contributed by atoms with Gasteiger partial charge in [0.2, 0.25) is 0 Å². The first-order valence-electron chi connectivity index (χ1n) is 6.61. The number of oxime groups is 1. The molecule has 4 N–H and O–H groups in total. The smallest absolute Gasteiger partial charge is 0.173 e. The van der Waals surface area contributed by atoms with Crippen molar-refractivity contribution in [3.63, 3.8) is 0 Å². The third kappa shape index (κ3) is 3.52. The van der Waals surface area contributed by atoms with Gasteiger partial charge in [-0.05, 0) is 42.7 Å². The molecule has 2 rings (SSSR count). The summed E-state index contributed by atoms with van der Waals surface area (Å²) in [6.07, 6.45) is 0.611. The Labute approximate surface area is 123 Å². The largest absolute Gasteiger partial charge is 0.456 e. The van der Waals surface area contributed by atoms with Gasteiger partial charge >= 0.3 is 0 Å². The predicted molar refractivity (Wildman–Crippen MR) is 81.0 cm³/mol. The minimum absolute atomic E-state index is 0.00519. The number of benzene rings is 2. The van der Waals surface area contributed by atoms with Gasteiger partial charge in [0.1, 0.15) is 11.5 Å². The van der Waals surface area contributed by atoms with Gasteiger partial charge in [0.15, 0.2) is 5.84 Å². The summed E-state index contributed by atoms with van der Waals surface area (Å²) in [5.74, 6) is 1.21. The van der Waals surface area contributed by atoms with Crippen LogP contribution in [0.15, 0.2) is 47.6 Å². The van der Waals surface area contributed by atoms with E-state index >= 15 is 0 Å². The summed E-state index contributed by atoms with van der Waals surface area (Å²) in [5, 5.41) is 20.8. The highest BCUT2D eigenvalue weighted by atomic mass is 16.5. The molecular formula is C16H18N2O3. The zero-order valence-corrected chi connectivity index (χ0v) is 11.8. The van der Waals surface area contributed by atoms with Gasteiger partial charge in [0, 0.05) is 6.61 Å². The number of ether oxygens (including phenoxy) is 1. The number of rotatable bonds is 5. The molecule has 0 radical (unpaired) electrons. The molecule has 2 aromatic rings. The van der Waals surface area contributed by atoms with E-state index < -0.39 is 0 Å². The fourth-order valence-electron chi connectivity index (χ4n) is 2.01. The number of nitrogens with zero attached hydrogens (tertiary/aromatic N) is 1. The Hall–Kier alpha value is -2.53. The fraction of sp³-hybridized carbons (Fsp3) is 0.188. The van der Waals surface area contributed by atoms with Crippen molar-refractivity contribution in [3.8, 4) is 11.5 Å². The SMILES string of the molecule is Cc1cccc(/C(N)=N/O)c1Oc1ccc(CCO)cc1. The Morgan fingerprint density at radius 3 is 2.52 bits per heavy atom. The quantitative estimate of drug-likeness (QED) is 0.341. The van der Waals surface area contributed by atoms with Gasteiger partial charge in [-0.2, -0.15) is 0 Å². The van der Waals surface area contributed by atoms with Gasteiger partial charge in [-0.3, -0.25) is 0 Å². The van der Waals surface area contributed by atoms with E-state index in [1.807, 2.05) is 43.3 Å². The summed E-state index contributed by atoms with van der Waals surface area (Å²) < 4.78 is 5.86. The van der Waals surface area contributed by atoms with Crippen LogP contribution in [-0.4, -0.2) is 22.8 Å². The Kier molecular flexibility index (Phi) is 4.79. The molecule has 0 unspecified atom stereocenters. The van der Waals surface area contributed by atoms with E-state index in [1.54, 1.807) is 6.07 Å². The van der Waals surface area contributed by atoms with Crippen molar-refractivity contribution < 1.29 is 15.1 Å². The maximum Gasteiger partial charge on any atom is 0.173 e. The molecule has 0 spiro atoms. The molecule has 0 fully saturated rings. The van der Waals surface area contributed by atoms with E-state index in [1.165, 1.54) is 0 Å². The Morgan fingerprint density at radius 2 is 1.90 bits per heavy atom. The number of aliphatic hydroxyl groups excluding tert-OH is 1. The predicted octanol–water partition coefficient (Wildman–Crippen LogP) is 2.42. The van der Waals surface area contributed by atoms with Crippen LogP contribution >= 0.6 is 0 Å². The summed E-state index contributed by atoms with van der Waals surface area (Å²) in [5.41, 5.74) is 8.13. The molecule has 21 heavy (non-hydrogen) atoms. The normalized spacial score (nSPS) is 11.4. The highest BCUT2D eigenvalue weighted by Gasteiger charge is 2.12. The minimum Gasteiger partial charge on any atom is -0.456 e. The summed E-state index contributed by atoms with van der Waals surface area (Å²) in [6, 6.07) is 12.9. The van der Waals surface area contributed by atoms with Crippen molar-refractivity contribution in [1.82, 2.24) is 0 Å². The van der Waals surface area contributed by atoms with Crippen LogP contribution in [0.5, 0.6) is 11.5 Å². The topological polar surface area (TPSA) is 88.1 Å². The summed E-state index contributed by atoms with van der Waals surface area (Å²) in [4.78, 5) is 0. The van der Waals surface area contributed by atoms with Crippen LogP contribution in [0.4, 0.5) is 0 Å². The highest BCUT2D eigenvalue weighted by Crippen LogP contribution is 2.29. The number of para-hydroxylation sites is 1. The lowest BCUT2D eigenvalue weighted by atomic mass is 10.1. The Balaban J connectivity index is 2.30. The molecule has 0 heterocycles. The lowest BCUT2D eigenvalue weighted by Crippen LogP contribution is -2.14. The van der Waals surface area contributed by atoms with Crippen LogP contribution in [0.3, 0.4) is 0 Å². The van der Waals surface area contributed by atoms with Crippen molar-refractivity contribution >= 4 is 5.84 Å². The maximum absolute atomic E-state index is 8.90. The maximum atomic E-state index is 8.90. The van der Waals surface area contributed by atoms with Gasteiger partial charge in [-0.25, -0.2) is 0 Å². The number of hydrogen-bond acceptors (Lipinski definition) is 4. The van der Waals surface area contributed by atoms with E-state index in [4.69, 9.17) is 20.8 Å². The van der Waals surface area contributed by atoms with Crippen LogP contribution in [0.1, 0.15) is 16.7 Å². The molecule has 0 bridgehead atoms. The highest BCUT2D eigenvalue weighted by molar-refractivity contribution is 6.00. The van der Waals surface area contributed by atoms with Crippen LogP contribution < -0.4 is 10.5 Å². The van der Waals surface area contributed by atoms with E-state index in [9.17, 15) is 0 Å². The van der Waals surface area contributed by atoms with Crippen LogP contribution in [-0.2, 0) is 6.42 Å². The van der Waals surface area contributed by atoms with Crippen molar-refractivity contribution in [1.29, 1.82) is 0 Å². The van der Waals surface area contributed by atoms with Crippen molar-refractivity contribution in [2.45, 2.75) is 13.3 Å². The summed E-state index contributed by atoms with van der Waals surface area (Å²) in [6.45, 7) is 2.01. The first kappa shape index (κ1) is 14.9. The van der Waals surface area contributed by atoms with Gasteiger partial charge in [-0.1, -0.05) is 29.4 Å². The molecule has 5 heteroatoms. The third-order valence-electron chi connectivity index (χ3n) is 3.14. The molecule has 0 saturated carbocycles. The Morgan fingerprint density at radius 1 is 1.19 bits per heavy atom. The Bertz CT molecular complexity index is 636. The van der Waals surface area contributed by atoms with Gasteiger partial charge in [0.05, 0.1) is 5.56 Å². The second-order valence-electron chi connectivity index (χ2n) is 4.66. The summed E-state index contributed by atoms with van der Waals surface area (Å²) >= 11 is 0. The summed E-state index contributed by atoms with van der Waals surface area (Å²) in [7, 11) is 0. The molecule has 0 aliphatic carbocycles. The molecule has 0 amide bonds. The van der Waals surface area contributed by atoms with Crippen LogP contribution in [0, 0.1) is 6.92 Å². The lowest BCUT2D eigenvalue weighted by molar-refractivity contribution is 0.299. The first-order valence-corrected chi connectivity index (χ1v) is 6.61. The molecule has 0 atom stereocenters. The number of amidine groups is 1. The number of aryl methyl sites for hydroxylation is 1. The zero-order chi connectivity index (χ0) is 15.2. The molecule has 2 aromatic carbocycles. The molecular weight excluding hydrogens is 268 g/mol. The number of aliphatic hydroxyl groups is 1.